The van der Waals surface area contributed by atoms with Crippen molar-refractivity contribution in [3.8, 4) is 0 Å². The normalized spacial score (nSPS) is 28.1. The summed E-state index contributed by atoms with van der Waals surface area (Å²) in [6.07, 6.45) is 4.75. The van der Waals surface area contributed by atoms with Crippen LogP contribution in [-0.4, -0.2) is 54.5 Å². The molecule has 0 aromatic heterocycles. The zero-order chi connectivity index (χ0) is 12.3. The maximum absolute atomic E-state index is 5.65. The molecule has 0 aromatic carbocycles. The number of nitrogens with zero attached hydrogens (tertiary/aromatic N) is 3. The van der Waals surface area contributed by atoms with Crippen molar-refractivity contribution in [1.29, 1.82) is 0 Å². The molecule has 1 saturated heterocycles. The van der Waals surface area contributed by atoms with Gasteiger partial charge in [0.1, 0.15) is 0 Å². The topological polar surface area (TPSA) is 56.9 Å². The summed E-state index contributed by atoms with van der Waals surface area (Å²) in [5.41, 5.74) is 2.81. The average molecular weight is 239 g/mol. The number of guanidine groups is 1. The number of hydrogen-bond donors (Lipinski definition) is 2. The minimum absolute atomic E-state index is 0.513. The fourth-order valence-electron chi connectivity index (χ4n) is 2.44. The van der Waals surface area contributed by atoms with E-state index in [0.29, 0.717) is 12.1 Å². The maximum Gasteiger partial charge on any atom is 0.208 e. The number of hydrogen-bond acceptors (Lipinski definition) is 3. The van der Waals surface area contributed by atoms with Gasteiger partial charge in [-0.2, -0.15) is 0 Å². The summed E-state index contributed by atoms with van der Waals surface area (Å²) >= 11 is 0. The SMILES string of the molecule is CCC1CN(C)CCCN1C(=NC1CC1)NN. The summed E-state index contributed by atoms with van der Waals surface area (Å²) in [7, 11) is 2.19. The van der Waals surface area contributed by atoms with Crippen molar-refractivity contribution >= 4 is 5.96 Å². The summed E-state index contributed by atoms with van der Waals surface area (Å²) in [6, 6.07) is 1.04. The molecule has 0 radical (unpaired) electrons. The molecule has 0 amide bonds. The monoisotopic (exact) mass is 239 g/mol. The van der Waals surface area contributed by atoms with Gasteiger partial charge in [-0.1, -0.05) is 6.92 Å². The van der Waals surface area contributed by atoms with E-state index in [0.717, 1.165) is 32.0 Å². The van der Waals surface area contributed by atoms with E-state index in [-0.39, 0.29) is 0 Å². The van der Waals surface area contributed by atoms with Gasteiger partial charge in [-0.05, 0) is 39.3 Å². The van der Waals surface area contributed by atoms with E-state index in [1.165, 1.54) is 19.3 Å². The van der Waals surface area contributed by atoms with Gasteiger partial charge < -0.3 is 9.80 Å². The molecule has 1 unspecified atom stereocenters. The summed E-state index contributed by atoms with van der Waals surface area (Å²) in [5, 5.41) is 0. The summed E-state index contributed by atoms with van der Waals surface area (Å²) in [5.74, 6) is 6.54. The smallest absolute Gasteiger partial charge is 0.208 e. The van der Waals surface area contributed by atoms with Crippen LogP contribution in [0.2, 0.25) is 0 Å². The van der Waals surface area contributed by atoms with Gasteiger partial charge >= 0.3 is 0 Å². The highest BCUT2D eigenvalue weighted by Crippen LogP contribution is 2.24. The van der Waals surface area contributed by atoms with Crippen molar-refractivity contribution in [2.24, 2.45) is 10.8 Å². The summed E-state index contributed by atoms with van der Waals surface area (Å²) in [6.45, 7) is 5.55. The van der Waals surface area contributed by atoms with E-state index in [4.69, 9.17) is 5.84 Å². The molecule has 5 nitrogen and oxygen atoms in total. The van der Waals surface area contributed by atoms with Crippen LogP contribution in [-0.2, 0) is 0 Å². The Labute approximate surface area is 104 Å². The molecule has 1 atom stereocenters. The molecule has 0 aromatic rings. The van der Waals surface area contributed by atoms with Gasteiger partial charge in [0.15, 0.2) is 0 Å². The number of likely N-dealkylation sites (N-methyl/N-ethyl adjacent to an activating group) is 1. The molecular formula is C12H25N5. The average Bonchev–Trinajstić information content (AvgIpc) is 3.13. The molecule has 2 aliphatic rings. The van der Waals surface area contributed by atoms with Gasteiger partial charge in [0, 0.05) is 19.1 Å². The van der Waals surface area contributed by atoms with Crippen molar-refractivity contribution in [1.82, 2.24) is 15.2 Å². The number of nitrogens with two attached hydrogens (primary N) is 1. The fraction of sp³-hybridized carbons (Fsp3) is 0.917. The standard InChI is InChI=1S/C12H25N5/c1-3-11-9-16(2)7-4-8-17(11)12(15-13)14-10-5-6-10/h10-11H,3-9,13H2,1-2H3,(H,14,15). The van der Waals surface area contributed by atoms with Crippen molar-refractivity contribution in [3.05, 3.63) is 0 Å². The number of aliphatic imine (C=N–C) groups is 1. The van der Waals surface area contributed by atoms with E-state index in [1.807, 2.05) is 0 Å². The van der Waals surface area contributed by atoms with E-state index in [1.54, 1.807) is 0 Å². The van der Waals surface area contributed by atoms with E-state index in [9.17, 15) is 0 Å². The first-order valence-electron chi connectivity index (χ1n) is 6.74. The summed E-state index contributed by atoms with van der Waals surface area (Å²) < 4.78 is 0. The number of nitrogens with one attached hydrogen (secondary N) is 1. The molecule has 2 rings (SSSR count). The maximum atomic E-state index is 5.65. The second kappa shape index (κ2) is 5.69. The van der Waals surface area contributed by atoms with Crippen LogP contribution >= 0.6 is 0 Å². The molecule has 5 heteroatoms. The van der Waals surface area contributed by atoms with Crippen molar-refractivity contribution < 1.29 is 0 Å². The quantitative estimate of drug-likeness (QED) is 0.317. The lowest BCUT2D eigenvalue weighted by Gasteiger charge is -2.32. The Kier molecular flexibility index (Phi) is 4.23. The molecule has 98 valence electrons. The Morgan fingerprint density at radius 1 is 1.41 bits per heavy atom. The molecule has 1 saturated carbocycles. The highest BCUT2D eigenvalue weighted by molar-refractivity contribution is 5.80. The van der Waals surface area contributed by atoms with Crippen LogP contribution < -0.4 is 11.3 Å². The molecule has 2 fully saturated rings. The third kappa shape index (κ3) is 3.33. The van der Waals surface area contributed by atoms with Crippen LogP contribution in [0.1, 0.15) is 32.6 Å². The fourth-order valence-corrected chi connectivity index (χ4v) is 2.44. The minimum atomic E-state index is 0.513. The van der Waals surface area contributed by atoms with E-state index in [2.05, 4.69) is 34.2 Å². The van der Waals surface area contributed by atoms with Gasteiger partial charge in [0.25, 0.3) is 0 Å². The molecule has 1 aliphatic carbocycles. The molecule has 1 aliphatic heterocycles. The predicted octanol–water partition coefficient (Wildman–Crippen LogP) is 0.384. The zero-order valence-electron chi connectivity index (χ0n) is 11.0. The molecule has 0 bridgehead atoms. The first-order chi connectivity index (χ1) is 8.24. The van der Waals surface area contributed by atoms with Gasteiger partial charge in [0.05, 0.1) is 6.04 Å². The largest absolute Gasteiger partial charge is 0.338 e. The van der Waals surface area contributed by atoms with E-state index < -0.39 is 0 Å². The second-order valence-electron chi connectivity index (χ2n) is 5.20. The lowest BCUT2D eigenvalue weighted by molar-refractivity contribution is 0.258. The highest BCUT2D eigenvalue weighted by Gasteiger charge is 2.27. The third-order valence-corrected chi connectivity index (χ3v) is 3.63. The highest BCUT2D eigenvalue weighted by atomic mass is 15.4. The van der Waals surface area contributed by atoms with Crippen LogP contribution in [0.5, 0.6) is 0 Å². The third-order valence-electron chi connectivity index (χ3n) is 3.63. The molecule has 0 spiro atoms. The van der Waals surface area contributed by atoms with Crippen molar-refractivity contribution in [2.45, 2.75) is 44.7 Å². The molecular weight excluding hydrogens is 214 g/mol. The summed E-state index contributed by atoms with van der Waals surface area (Å²) in [4.78, 5) is 9.45. The van der Waals surface area contributed by atoms with Crippen molar-refractivity contribution in [3.63, 3.8) is 0 Å². The lowest BCUT2D eigenvalue weighted by atomic mass is 10.2. The van der Waals surface area contributed by atoms with Crippen LogP contribution in [0.15, 0.2) is 4.99 Å². The Bertz CT molecular complexity index is 274. The van der Waals surface area contributed by atoms with Gasteiger partial charge in [0.2, 0.25) is 5.96 Å². The van der Waals surface area contributed by atoms with Crippen LogP contribution in [0.3, 0.4) is 0 Å². The van der Waals surface area contributed by atoms with E-state index >= 15 is 0 Å². The first kappa shape index (κ1) is 12.6. The van der Waals surface area contributed by atoms with Crippen molar-refractivity contribution in [2.75, 3.05) is 26.7 Å². The van der Waals surface area contributed by atoms with Gasteiger partial charge in [-0.3, -0.25) is 5.43 Å². The Balaban J connectivity index is 2.08. The van der Waals surface area contributed by atoms with Gasteiger partial charge in [-0.15, -0.1) is 0 Å². The Hall–Kier alpha value is -0.810. The van der Waals surface area contributed by atoms with Gasteiger partial charge in [-0.25, -0.2) is 10.8 Å². The first-order valence-corrected chi connectivity index (χ1v) is 6.74. The minimum Gasteiger partial charge on any atom is -0.338 e. The van der Waals surface area contributed by atoms with Crippen LogP contribution in [0, 0.1) is 0 Å². The molecule has 3 N–H and O–H groups in total. The van der Waals surface area contributed by atoms with Crippen LogP contribution in [0.25, 0.3) is 0 Å². The Morgan fingerprint density at radius 2 is 2.18 bits per heavy atom. The lowest BCUT2D eigenvalue weighted by Crippen LogP contribution is -2.51. The zero-order valence-corrected chi connectivity index (χ0v) is 11.0. The molecule has 17 heavy (non-hydrogen) atoms. The molecule has 1 heterocycles. The number of rotatable bonds is 2. The van der Waals surface area contributed by atoms with Crippen LogP contribution in [0.4, 0.5) is 0 Å². The second-order valence-corrected chi connectivity index (χ2v) is 5.20. The number of hydrazine groups is 1. The predicted molar refractivity (Wildman–Crippen MR) is 70.7 cm³/mol. The Morgan fingerprint density at radius 3 is 2.76 bits per heavy atom.